The number of thioether (sulfide) groups is 1. The second-order valence-electron chi connectivity index (χ2n) is 5.54. The predicted molar refractivity (Wildman–Crippen MR) is 109 cm³/mol. The van der Waals surface area contributed by atoms with Crippen molar-refractivity contribution in [3.05, 3.63) is 74.7 Å². The highest BCUT2D eigenvalue weighted by Crippen LogP contribution is 2.31. The highest BCUT2D eigenvalue weighted by atomic mass is 32.2. The highest BCUT2D eigenvalue weighted by Gasteiger charge is 2.33. The second kappa shape index (κ2) is 8.19. The lowest BCUT2D eigenvalue weighted by Crippen LogP contribution is -2.44. The van der Waals surface area contributed by atoms with Crippen LogP contribution in [-0.4, -0.2) is 33.2 Å². The van der Waals surface area contributed by atoms with Gasteiger partial charge in [0, 0.05) is 17.7 Å². The summed E-state index contributed by atoms with van der Waals surface area (Å²) in [6, 6.07) is 12.3. The van der Waals surface area contributed by atoms with E-state index in [9.17, 15) is 19.7 Å². The van der Waals surface area contributed by atoms with Gasteiger partial charge in [-0.15, -0.1) is 0 Å². The maximum absolute atomic E-state index is 12.6. The molecule has 0 aliphatic carbocycles. The van der Waals surface area contributed by atoms with Crippen LogP contribution >= 0.6 is 24.0 Å². The summed E-state index contributed by atoms with van der Waals surface area (Å²) in [5, 5.41) is 11.8. The Balaban J connectivity index is 1.76. The third kappa shape index (κ3) is 4.18. The molecular formula is C18H13N3O5S2. The summed E-state index contributed by atoms with van der Waals surface area (Å²) in [7, 11) is 1.56. The van der Waals surface area contributed by atoms with E-state index in [0.29, 0.717) is 10.7 Å². The first kappa shape index (κ1) is 19.5. The van der Waals surface area contributed by atoms with Gasteiger partial charge in [-0.3, -0.25) is 25.1 Å². The van der Waals surface area contributed by atoms with E-state index in [-0.39, 0.29) is 15.6 Å². The first-order chi connectivity index (χ1) is 13.4. The fourth-order valence-corrected chi connectivity index (χ4v) is 3.52. The molecule has 28 heavy (non-hydrogen) atoms. The summed E-state index contributed by atoms with van der Waals surface area (Å²) in [6.45, 7) is 0. The van der Waals surface area contributed by atoms with Crippen molar-refractivity contribution in [1.82, 2.24) is 10.4 Å². The van der Waals surface area contributed by atoms with Crippen LogP contribution in [0.1, 0.15) is 15.9 Å². The Morgan fingerprint density at radius 1 is 1.29 bits per heavy atom. The van der Waals surface area contributed by atoms with Gasteiger partial charge in [-0.25, -0.2) is 0 Å². The standard InChI is InChI=1S/C18H13N3O5S2/c1-26-14-7-5-11(6-8-14)9-15-17(23)20(18(27)28-15)19-16(22)12-3-2-4-13(10-12)21(24)25/h2-10H,1H3,(H,19,22)/b15-9-. The fourth-order valence-electron chi connectivity index (χ4n) is 2.34. The molecule has 1 N–H and O–H groups in total. The maximum Gasteiger partial charge on any atom is 0.285 e. The molecule has 2 aromatic carbocycles. The van der Waals surface area contributed by atoms with Gasteiger partial charge in [-0.2, -0.15) is 5.01 Å². The Labute approximate surface area is 169 Å². The van der Waals surface area contributed by atoms with E-state index >= 15 is 0 Å². The summed E-state index contributed by atoms with van der Waals surface area (Å²) < 4.78 is 5.25. The largest absolute Gasteiger partial charge is 0.497 e. The summed E-state index contributed by atoms with van der Waals surface area (Å²) in [6.07, 6.45) is 1.65. The summed E-state index contributed by atoms with van der Waals surface area (Å²) in [5.74, 6) is -0.468. The van der Waals surface area contributed by atoms with Crippen LogP contribution in [0.5, 0.6) is 5.75 Å². The zero-order valence-corrected chi connectivity index (χ0v) is 16.1. The van der Waals surface area contributed by atoms with Crippen molar-refractivity contribution in [2.24, 2.45) is 0 Å². The van der Waals surface area contributed by atoms with Crippen LogP contribution in [0, 0.1) is 10.1 Å². The lowest BCUT2D eigenvalue weighted by molar-refractivity contribution is -0.384. The Hall–Kier alpha value is -3.24. The van der Waals surface area contributed by atoms with Crippen LogP contribution in [0.25, 0.3) is 6.08 Å². The second-order valence-corrected chi connectivity index (χ2v) is 7.21. The quantitative estimate of drug-likeness (QED) is 0.346. The van der Waals surface area contributed by atoms with Crippen molar-refractivity contribution in [2.75, 3.05) is 7.11 Å². The number of hydrogen-bond donors (Lipinski definition) is 1. The Bertz CT molecular complexity index is 1000. The molecule has 2 aromatic rings. The van der Waals surface area contributed by atoms with Crippen molar-refractivity contribution in [3.8, 4) is 5.75 Å². The lowest BCUT2D eigenvalue weighted by Gasteiger charge is -2.15. The Morgan fingerprint density at radius 2 is 2.00 bits per heavy atom. The zero-order valence-electron chi connectivity index (χ0n) is 14.4. The number of rotatable bonds is 5. The fraction of sp³-hybridized carbons (Fsp3) is 0.0556. The number of benzene rings is 2. The average Bonchev–Trinajstić information content (AvgIpc) is 2.96. The highest BCUT2D eigenvalue weighted by molar-refractivity contribution is 8.26. The van der Waals surface area contributed by atoms with E-state index in [1.54, 1.807) is 37.5 Å². The molecule has 3 rings (SSSR count). The molecule has 10 heteroatoms. The van der Waals surface area contributed by atoms with E-state index < -0.39 is 16.7 Å². The molecular weight excluding hydrogens is 402 g/mol. The molecule has 142 valence electrons. The number of thiocarbonyl (C=S) groups is 1. The number of nitro groups is 1. The molecule has 0 spiro atoms. The minimum atomic E-state index is -0.675. The van der Waals surface area contributed by atoms with E-state index in [2.05, 4.69) is 5.43 Å². The topological polar surface area (TPSA) is 102 Å². The van der Waals surface area contributed by atoms with E-state index in [1.807, 2.05) is 0 Å². The number of carbonyl (C=O) groups excluding carboxylic acids is 2. The normalized spacial score (nSPS) is 15.0. The molecule has 8 nitrogen and oxygen atoms in total. The minimum Gasteiger partial charge on any atom is -0.497 e. The number of amides is 2. The molecule has 0 saturated carbocycles. The van der Waals surface area contributed by atoms with E-state index in [1.165, 1.54) is 18.2 Å². The number of nitro benzene ring substituents is 1. The van der Waals surface area contributed by atoms with Crippen molar-refractivity contribution in [2.45, 2.75) is 0 Å². The molecule has 0 atom stereocenters. The van der Waals surface area contributed by atoms with Crippen LogP contribution in [0.4, 0.5) is 5.69 Å². The zero-order chi connectivity index (χ0) is 20.3. The van der Waals surface area contributed by atoms with E-state index in [0.717, 1.165) is 28.4 Å². The molecule has 2 amide bonds. The van der Waals surface area contributed by atoms with Gasteiger partial charge in [0.15, 0.2) is 4.32 Å². The molecule has 0 aromatic heterocycles. The van der Waals surface area contributed by atoms with Crippen molar-refractivity contribution in [3.63, 3.8) is 0 Å². The number of non-ortho nitro benzene ring substituents is 1. The Morgan fingerprint density at radius 3 is 2.64 bits per heavy atom. The van der Waals surface area contributed by atoms with Crippen molar-refractivity contribution < 1.29 is 19.2 Å². The number of hydrazine groups is 1. The smallest absolute Gasteiger partial charge is 0.285 e. The van der Waals surface area contributed by atoms with Gasteiger partial charge < -0.3 is 4.74 Å². The molecule has 0 radical (unpaired) electrons. The molecule has 1 fully saturated rings. The number of nitrogens with zero attached hydrogens (tertiary/aromatic N) is 2. The SMILES string of the molecule is COc1ccc(/C=C2\SC(=S)N(NC(=O)c3cccc([N+](=O)[O-])c3)C2=O)cc1. The lowest BCUT2D eigenvalue weighted by atomic mass is 10.2. The molecule has 0 unspecified atom stereocenters. The summed E-state index contributed by atoms with van der Waals surface area (Å²) in [5.41, 5.74) is 2.98. The van der Waals surface area contributed by atoms with Gasteiger partial charge in [-0.05, 0) is 42.1 Å². The number of hydrogen-bond acceptors (Lipinski definition) is 7. The molecule has 1 aliphatic rings. The third-order valence-corrected chi connectivity index (χ3v) is 5.04. The minimum absolute atomic E-state index is 0.0439. The van der Waals surface area contributed by atoms with Crippen LogP contribution in [0.3, 0.4) is 0 Å². The van der Waals surface area contributed by atoms with Gasteiger partial charge in [0.1, 0.15) is 5.75 Å². The Kier molecular flexibility index (Phi) is 5.71. The first-order valence-corrected chi connectivity index (χ1v) is 9.09. The van der Waals surface area contributed by atoms with E-state index in [4.69, 9.17) is 17.0 Å². The van der Waals surface area contributed by atoms with Gasteiger partial charge in [0.05, 0.1) is 16.9 Å². The van der Waals surface area contributed by atoms with Crippen LogP contribution in [0.15, 0.2) is 53.4 Å². The number of nitrogens with one attached hydrogen (secondary N) is 1. The summed E-state index contributed by atoms with van der Waals surface area (Å²) >= 11 is 6.22. The van der Waals surface area contributed by atoms with Gasteiger partial charge >= 0.3 is 0 Å². The van der Waals surface area contributed by atoms with Gasteiger partial charge in [-0.1, -0.05) is 30.0 Å². The number of ether oxygens (including phenoxy) is 1. The molecule has 1 saturated heterocycles. The van der Waals surface area contributed by atoms with Crippen LogP contribution < -0.4 is 10.2 Å². The molecule has 1 heterocycles. The number of carbonyl (C=O) groups is 2. The first-order valence-electron chi connectivity index (χ1n) is 7.86. The van der Waals surface area contributed by atoms with Crippen LogP contribution in [-0.2, 0) is 4.79 Å². The van der Waals surface area contributed by atoms with Crippen LogP contribution in [0.2, 0.25) is 0 Å². The van der Waals surface area contributed by atoms with Gasteiger partial charge in [0.2, 0.25) is 0 Å². The van der Waals surface area contributed by atoms with Crippen molar-refractivity contribution >= 4 is 51.9 Å². The van der Waals surface area contributed by atoms with Gasteiger partial charge in [0.25, 0.3) is 17.5 Å². The third-order valence-electron chi connectivity index (χ3n) is 3.74. The molecule has 1 aliphatic heterocycles. The summed E-state index contributed by atoms with van der Waals surface area (Å²) in [4.78, 5) is 35.5. The predicted octanol–water partition coefficient (Wildman–Crippen LogP) is 3.15. The maximum atomic E-state index is 12.6. The number of methoxy groups -OCH3 is 1. The van der Waals surface area contributed by atoms with Crippen molar-refractivity contribution in [1.29, 1.82) is 0 Å². The average molecular weight is 415 g/mol. The molecule has 0 bridgehead atoms. The monoisotopic (exact) mass is 415 g/mol.